The van der Waals surface area contributed by atoms with Crippen molar-refractivity contribution in [3.05, 3.63) is 48.0 Å². The van der Waals surface area contributed by atoms with Crippen LogP contribution in [-0.4, -0.2) is 31.6 Å². The van der Waals surface area contributed by atoms with E-state index in [0.29, 0.717) is 39.8 Å². The highest BCUT2D eigenvalue weighted by Gasteiger charge is 2.21. The van der Waals surface area contributed by atoms with Crippen molar-refractivity contribution >= 4 is 0 Å². The number of hydrogen-bond donors (Lipinski definition) is 1. The summed E-state index contributed by atoms with van der Waals surface area (Å²) in [6.45, 7) is -0.230. The average Bonchev–Trinajstić information content (AvgIpc) is 3.11. The molecule has 25 heavy (non-hydrogen) atoms. The summed E-state index contributed by atoms with van der Waals surface area (Å²) in [5.74, 6) is 2.35. The van der Waals surface area contributed by atoms with Gasteiger partial charge in [-0.2, -0.15) is 0 Å². The molecule has 0 saturated heterocycles. The first-order chi connectivity index (χ1) is 12.2. The Morgan fingerprint density at radius 1 is 0.960 bits per heavy atom. The lowest BCUT2D eigenvalue weighted by atomic mass is 10.0. The van der Waals surface area contributed by atoms with E-state index in [-0.39, 0.29) is 6.61 Å². The van der Waals surface area contributed by atoms with Gasteiger partial charge in [0.05, 0.1) is 33.5 Å². The second kappa shape index (κ2) is 7.27. The highest BCUT2D eigenvalue weighted by Crippen LogP contribution is 2.38. The van der Waals surface area contributed by atoms with E-state index in [1.54, 1.807) is 39.5 Å². The van der Waals surface area contributed by atoms with Crippen molar-refractivity contribution < 1.29 is 23.8 Å². The van der Waals surface area contributed by atoms with Gasteiger partial charge in [0.1, 0.15) is 22.9 Å². The minimum atomic E-state index is -0.230. The first-order valence-electron chi connectivity index (χ1n) is 7.68. The van der Waals surface area contributed by atoms with Crippen LogP contribution >= 0.6 is 0 Å². The van der Waals surface area contributed by atoms with Crippen molar-refractivity contribution in [3.8, 4) is 39.8 Å². The summed E-state index contributed by atoms with van der Waals surface area (Å²) in [5.41, 5.74) is 2.56. The summed E-state index contributed by atoms with van der Waals surface area (Å²) in [6, 6.07) is 12.8. The molecule has 0 spiro atoms. The van der Waals surface area contributed by atoms with Crippen LogP contribution in [0.5, 0.6) is 17.2 Å². The molecule has 6 heteroatoms. The number of ether oxygens (including phenoxy) is 3. The molecule has 0 bridgehead atoms. The van der Waals surface area contributed by atoms with Crippen LogP contribution in [0, 0.1) is 0 Å². The molecular weight excluding hydrogens is 322 g/mol. The van der Waals surface area contributed by atoms with Gasteiger partial charge in [0.2, 0.25) is 0 Å². The molecule has 130 valence electrons. The topological polar surface area (TPSA) is 74.0 Å². The van der Waals surface area contributed by atoms with Crippen LogP contribution in [0.4, 0.5) is 0 Å². The van der Waals surface area contributed by atoms with E-state index >= 15 is 0 Å². The van der Waals surface area contributed by atoms with Gasteiger partial charge in [-0.3, -0.25) is 0 Å². The van der Waals surface area contributed by atoms with Gasteiger partial charge < -0.3 is 23.8 Å². The Balaban J connectivity index is 2.16. The number of benzene rings is 2. The predicted octanol–water partition coefficient (Wildman–Crippen LogP) is 3.53. The van der Waals surface area contributed by atoms with Crippen LogP contribution in [0.15, 0.2) is 47.0 Å². The monoisotopic (exact) mass is 341 g/mol. The third kappa shape index (κ3) is 3.16. The molecule has 3 rings (SSSR count). The van der Waals surface area contributed by atoms with Crippen molar-refractivity contribution in [1.29, 1.82) is 0 Å². The van der Waals surface area contributed by atoms with E-state index in [4.69, 9.17) is 18.7 Å². The van der Waals surface area contributed by atoms with E-state index in [0.717, 1.165) is 5.56 Å². The molecule has 1 N–H and O–H groups in total. The fourth-order valence-corrected chi connectivity index (χ4v) is 2.67. The molecule has 0 aliphatic heterocycles. The Bertz CT molecular complexity index is 850. The van der Waals surface area contributed by atoms with Gasteiger partial charge in [0.25, 0.3) is 0 Å². The van der Waals surface area contributed by atoms with Gasteiger partial charge in [-0.1, -0.05) is 17.3 Å². The Hall–Kier alpha value is -2.99. The lowest BCUT2D eigenvalue weighted by molar-refractivity contribution is 0.281. The molecule has 1 aromatic heterocycles. The highest BCUT2D eigenvalue weighted by atomic mass is 16.5. The van der Waals surface area contributed by atoms with E-state index < -0.39 is 0 Å². The SMILES string of the molecule is COc1cc(OC)cc(-c2onc(-c3ccccc3OC)c2CO)c1. The molecule has 3 aromatic rings. The van der Waals surface area contributed by atoms with Gasteiger partial charge in [-0.25, -0.2) is 0 Å². The summed E-state index contributed by atoms with van der Waals surface area (Å²) in [4.78, 5) is 0. The summed E-state index contributed by atoms with van der Waals surface area (Å²) < 4.78 is 21.5. The van der Waals surface area contributed by atoms with Crippen molar-refractivity contribution in [2.45, 2.75) is 6.61 Å². The second-order valence-corrected chi connectivity index (χ2v) is 5.30. The third-order valence-corrected chi connectivity index (χ3v) is 3.92. The largest absolute Gasteiger partial charge is 0.497 e. The van der Waals surface area contributed by atoms with Gasteiger partial charge in [0.15, 0.2) is 5.76 Å². The van der Waals surface area contributed by atoms with Crippen LogP contribution in [0.25, 0.3) is 22.6 Å². The number of hydrogen-bond acceptors (Lipinski definition) is 6. The lowest BCUT2D eigenvalue weighted by Crippen LogP contribution is -1.93. The van der Waals surface area contributed by atoms with Crippen molar-refractivity contribution in [3.63, 3.8) is 0 Å². The van der Waals surface area contributed by atoms with Gasteiger partial charge in [-0.05, 0) is 24.3 Å². The predicted molar refractivity (Wildman–Crippen MR) is 93.0 cm³/mol. The number of rotatable bonds is 6. The first kappa shape index (κ1) is 16.9. The van der Waals surface area contributed by atoms with E-state index in [2.05, 4.69) is 5.16 Å². The molecule has 0 fully saturated rings. The lowest BCUT2D eigenvalue weighted by Gasteiger charge is -2.08. The normalized spacial score (nSPS) is 10.6. The smallest absolute Gasteiger partial charge is 0.173 e. The Labute approximate surface area is 145 Å². The molecule has 0 saturated carbocycles. The van der Waals surface area contributed by atoms with Crippen molar-refractivity contribution in [1.82, 2.24) is 5.16 Å². The standard InChI is InChI=1S/C19H19NO5/c1-22-13-8-12(9-14(10-13)23-2)19-16(11-21)18(20-25-19)15-6-4-5-7-17(15)24-3/h4-10,21H,11H2,1-3H3. The summed E-state index contributed by atoms with van der Waals surface area (Å²) in [7, 11) is 4.74. The molecule has 2 aromatic carbocycles. The number of aliphatic hydroxyl groups excluding tert-OH is 1. The Kier molecular flexibility index (Phi) is 4.90. The second-order valence-electron chi connectivity index (χ2n) is 5.30. The third-order valence-electron chi connectivity index (χ3n) is 3.92. The zero-order valence-electron chi connectivity index (χ0n) is 14.3. The summed E-state index contributed by atoms with van der Waals surface area (Å²) >= 11 is 0. The molecular formula is C19H19NO5. The zero-order valence-corrected chi connectivity index (χ0v) is 14.3. The van der Waals surface area contributed by atoms with Gasteiger partial charge in [0, 0.05) is 17.2 Å². The maximum Gasteiger partial charge on any atom is 0.173 e. The number of para-hydroxylation sites is 1. The van der Waals surface area contributed by atoms with E-state index in [9.17, 15) is 5.11 Å². The fourth-order valence-electron chi connectivity index (χ4n) is 2.67. The fraction of sp³-hybridized carbons (Fsp3) is 0.211. The van der Waals surface area contributed by atoms with Gasteiger partial charge >= 0.3 is 0 Å². The quantitative estimate of drug-likeness (QED) is 0.739. The average molecular weight is 341 g/mol. The van der Waals surface area contributed by atoms with E-state index in [1.165, 1.54) is 0 Å². The number of aliphatic hydroxyl groups is 1. The van der Waals surface area contributed by atoms with Crippen LogP contribution in [0.3, 0.4) is 0 Å². The molecule has 0 unspecified atom stereocenters. The maximum atomic E-state index is 9.92. The van der Waals surface area contributed by atoms with E-state index in [1.807, 2.05) is 24.3 Å². The minimum absolute atomic E-state index is 0.230. The number of methoxy groups -OCH3 is 3. The Morgan fingerprint density at radius 3 is 2.24 bits per heavy atom. The summed E-state index contributed by atoms with van der Waals surface area (Å²) in [5, 5.41) is 14.1. The van der Waals surface area contributed by atoms with Crippen LogP contribution < -0.4 is 14.2 Å². The van der Waals surface area contributed by atoms with Crippen LogP contribution in [0.2, 0.25) is 0 Å². The zero-order chi connectivity index (χ0) is 17.8. The molecule has 1 heterocycles. The molecule has 0 amide bonds. The molecule has 0 radical (unpaired) electrons. The first-order valence-corrected chi connectivity index (χ1v) is 7.68. The highest BCUT2D eigenvalue weighted by molar-refractivity contribution is 5.76. The van der Waals surface area contributed by atoms with Crippen LogP contribution in [-0.2, 0) is 6.61 Å². The molecule has 0 atom stereocenters. The molecule has 0 aliphatic rings. The minimum Gasteiger partial charge on any atom is -0.497 e. The number of aromatic nitrogens is 1. The molecule has 0 aliphatic carbocycles. The molecule has 6 nitrogen and oxygen atoms in total. The van der Waals surface area contributed by atoms with Gasteiger partial charge in [-0.15, -0.1) is 0 Å². The Morgan fingerprint density at radius 2 is 1.64 bits per heavy atom. The number of nitrogens with zero attached hydrogens (tertiary/aromatic N) is 1. The van der Waals surface area contributed by atoms with Crippen LogP contribution in [0.1, 0.15) is 5.56 Å². The summed E-state index contributed by atoms with van der Waals surface area (Å²) in [6.07, 6.45) is 0. The van der Waals surface area contributed by atoms with Crippen molar-refractivity contribution in [2.75, 3.05) is 21.3 Å². The van der Waals surface area contributed by atoms with Crippen molar-refractivity contribution in [2.24, 2.45) is 0 Å². The maximum absolute atomic E-state index is 9.92.